The van der Waals surface area contributed by atoms with E-state index in [1.807, 2.05) is 12.3 Å². The molecule has 1 aromatic rings. The molecule has 1 fully saturated rings. The lowest BCUT2D eigenvalue weighted by molar-refractivity contribution is 0.251. The zero-order chi connectivity index (χ0) is 13.5. The van der Waals surface area contributed by atoms with Gasteiger partial charge in [0, 0.05) is 38.4 Å². The highest BCUT2D eigenvalue weighted by Crippen LogP contribution is 2.13. The molecular formula is C15H26N4. The quantitative estimate of drug-likeness (QED) is 0.793. The SMILES string of the molecule is CC(N)CCCCN1CCN(c2ccccn2)CC1. The average molecular weight is 262 g/mol. The summed E-state index contributed by atoms with van der Waals surface area (Å²) in [5.41, 5.74) is 5.77. The predicted octanol–water partition coefficient (Wildman–Crippen LogP) is 1.72. The standard InChI is InChI=1S/C15H26N4/c1-14(16)6-3-5-9-18-10-12-19(13-11-18)15-7-2-4-8-17-15/h2,4,7-8,14H,3,5-6,9-13,16H2,1H3. The van der Waals surface area contributed by atoms with E-state index in [0.29, 0.717) is 6.04 Å². The first-order valence-electron chi connectivity index (χ1n) is 7.39. The van der Waals surface area contributed by atoms with Gasteiger partial charge >= 0.3 is 0 Å². The molecule has 0 saturated carbocycles. The van der Waals surface area contributed by atoms with E-state index in [9.17, 15) is 0 Å². The van der Waals surface area contributed by atoms with Gasteiger partial charge in [0.2, 0.25) is 0 Å². The summed E-state index contributed by atoms with van der Waals surface area (Å²) in [7, 11) is 0. The van der Waals surface area contributed by atoms with Crippen LogP contribution in [0.15, 0.2) is 24.4 Å². The Bertz CT molecular complexity index is 344. The Morgan fingerprint density at radius 3 is 2.63 bits per heavy atom. The summed E-state index contributed by atoms with van der Waals surface area (Å²) in [6, 6.07) is 6.47. The van der Waals surface area contributed by atoms with Gasteiger partial charge in [-0.05, 0) is 38.4 Å². The van der Waals surface area contributed by atoms with Crippen molar-refractivity contribution in [2.75, 3.05) is 37.6 Å². The topological polar surface area (TPSA) is 45.4 Å². The van der Waals surface area contributed by atoms with Crippen molar-refractivity contribution in [3.8, 4) is 0 Å². The number of aromatic nitrogens is 1. The fourth-order valence-corrected chi connectivity index (χ4v) is 2.54. The van der Waals surface area contributed by atoms with Gasteiger partial charge in [-0.2, -0.15) is 0 Å². The van der Waals surface area contributed by atoms with Crippen LogP contribution in [0.25, 0.3) is 0 Å². The Kier molecular flexibility index (Phi) is 5.61. The molecule has 0 amide bonds. The first-order chi connectivity index (χ1) is 9.25. The molecule has 0 aromatic carbocycles. The molecule has 1 unspecified atom stereocenters. The molecule has 2 heterocycles. The first kappa shape index (κ1) is 14.3. The Morgan fingerprint density at radius 2 is 2.00 bits per heavy atom. The number of pyridine rings is 1. The molecule has 1 aromatic heterocycles. The highest BCUT2D eigenvalue weighted by atomic mass is 15.3. The molecule has 4 heteroatoms. The molecule has 0 aliphatic carbocycles. The molecule has 1 aliphatic heterocycles. The zero-order valence-electron chi connectivity index (χ0n) is 12.0. The van der Waals surface area contributed by atoms with Crippen LogP contribution in [0.3, 0.4) is 0 Å². The van der Waals surface area contributed by atoms with E-state index in [0.717, 1.165) is 38.4 Å². The van der Waals surface area contributed by atoms with Gasteiger partial charge in [-0.3, -0.25) is 4.90 Å². The molecule has 106 valence electrons. The second-order valence-corrected chi connectivity index (χ2v) is 5.49. The van der Waals surface area contributed by atoms with Crippen LogP contribution in [0, 0.1) is 0 Å². The molecule has 19 heavy (non-hydrogen) atoms. The Morgan fingerprint density at radius 1 is 1.21 bits per heavy atom. The molecule has 1 atom stereocenters. The van der Waals surface area contributed by atoms with E-state index < -0.39 is 0 Å². The second kappa shape index (κ2) is 7.46. The number of hydrogen-bond donors (Lipinski definition) is 1. The maximum Gasteiger partial charge on any atom is 0.128 e. The smallest absolute Gasteiger partial charge is 0.128 e. The van der Waals surface area contributed by atoms with Crippen LogP contribution in [-0.2, 0) is 0 Å². The van der Waals surface area contributed by atoms with Crippen molar-refractivity contribution < 1.29 is 0 Å². The minimum Gasteiger partial charge on any atom is -0.354 e. The van der Waals surface area contributed by atoms with E-state index in [2.05, 4.69) is 33.8 Å². The second-order valence-electron chi connectivity index (χ2n) is 5.49. The molecule has 0 bridgehead atoms. The lowest BCUT2D eigenvalue weighted by atomic mass is 10.1. The van der Waals surface area contributed by atoms with E-state index in [4.69, 9.17) is 5.73 Å². The molecule has 2 rings (SSSR count). The van der Waals surface area contributed by atoms with Gasteiger partial charge in [0.1, 0.15) is 5.82 Å². The van der Waals surface area contributed by atoms with E-state index in [1.54, 1.807) is 0 Å². The number of nitrogens with zero attached hydrogens (tertiary/aromatic N) is 3. The summed E-state index contributed by atoms with van der Waals surface area (Å²) in [5, 5.41) is 0. The van der Waals surface area contributed by atoms with Gasteiger partial charge < -0.3 is 10.6 Å². The Balaban J connectivity index is 1.65. The molecular weight excluding hydrogens is 236 g/mol. The highest BCUT2D eigenvalue weighted by Gasteiger charge is 2.17. The third kappa shape index (κ3) is 4.80. The van der Waals surface area contributed by atoms with Crippen LogP contribution in [-0.4, -0.2) is 48.6 Å². The summed E-state index contributed by atoms with van der Waals surface area (Å²) in [6.45, 7) is 7.77. The van der Waals surface area contributed by atoms with Crippen molar-refractivity contribution in [3.05, 3.63) is 24.4 Å². The third-order valence-corrected chi connectivity index (χ3v) is 3.73. The van der Waals surface area contributed by atoms with Crippen molar-refractivity contribution in [2.24, 2.45) is 5.73 Å². The van der Waals surface area contributed by atoms with Crippen molar-refractivity contribution in [1.82, 2.24) is 9.88 Å². The van der Waals surface area contributed by atoms with E-state index >= 15 is 0 Å². The summed E-state index contributed by atoms with van der Waals surface area (Å²) < 4.78 is 0. The van der Waals surface area contributed by atoms with Crippen LogP contribution in [0.1, 0.15) is 26.2 Å². The maximum atomic E-state index is 5.77. The molecule has 1 aliphatic rings. The lowest BCUT2D eigenvalue weighted by Crippen LogP contribution is -2.46. The van der Waals surface area contributed by atoms with Crippen molar-refractivity contribution >= 4 is 5.82 Å². The van der Waals surface area contributed by atoms with Crippen LogP contribution in [0.2, 0.25) is 0 Å². The Labute approximate surface area is 116 Å². The van der Waals surface area contributed by atoms with Gasteiger partial charge in [0.25, 0.3) is 0 Å². The number of rotatable bonds is 6. The zero-order valence-corrected chi connectivity index (χ0v) is 12.0. The minimum absolute atomic E-state index is 0.348. The predicted molar refractivity (Wildman–Crippen MR) is 80.4 cm³/mol. The van der Waals surface area contributed by atoms with Crippen molar-refractivity contribution in [2.45, 2.75) is 32.2 Å². The van der Waals surface area contributed by atoms with Gasteiger partial charge in [-0.15, -0.1) is 0 Å². The largest absolute Gasteiger partial charge is 0.354 e. The number of nitrogens with two attached hydrogens (primary N) is 1. The molecule has 2 N–H and O–H groups in total. The van der Waals surface area contributed by atoms with Crippen molar-refractivity contribution in [1.29, 1.82) is 0 Å². The average Bonchev–Trinajstić information content (AvgIpc) is 2.45. The summed E-state index contributed by atoms with van der Waals surface area (Å²) in [5.74, 6) is 1.11. The fraction of sp³-hybridized carbons (Fsp3) is 0.667. The maximum absolute atomic E-state index is 5.77. The fourth-order valence-electron chi connectivity index (χ4n) is 2.54. The van der Waals surface area contributed by atoms with Gasteiger partial charge in [0.05, 0.1) is 0 Å². The minimum atomic E-state index is 0.348. The van der Waals surface area contributed by atoms with Crippen LogP contribution in [0.5, 0.6) is 0 Å². The van der Waals surface area contributed by atoms with Crippen LogP contribution in [0.4, 0.5) is 5.82 Å². The molecule has 0 radical (unpaired) electrons. The number of anilines is 1. The third-order valence-electron chi connectivity index (χ3n) is 3.73. The highest BCUT2D eigenvalue weighted by molar-refractivity contribution is 5.38. The molecule has 1 saturated heterocycles. The summed E-state index contributed by atoms with van der Waals surface area (Å²) >= 11 is 0. The normalized spacial score (nSPS) is 18.5. The van der Waals surface area contributed by atoms with Gasteiger partial charge in [0.15, 0.2) is 0 Å². The summed E-state index contributed by atoms with van der Waals surface area (Å²) in [6.07, 6.45) is 5.53. The summed E-state index contributed by atoms with van der Waals surface area (Å²) in [4.78, 5) is 9.35. The monoisotopic (exact) mass is 262 g/mol. The number of unbranched alkanes of at least 4 members (excludes halogenated alkanes) is 1. The van der Waals surface area contributed by atoms with Gasteiger partial charge in [-0.1, -0.05) is 12.5 Å². The van der Waals surface area contributed by atoms with Crippen LogP contribution >= 0.6 is 0 Å². The lowest BCUT2D eigenvalue weighted by Gasteiger charge is -2.35. The van der Waals surface area contributed by atoms with Crippen molar-refractivity contribution in [3.63, 3.8) is 0 Å². The molecule has 4 nitrogen and oxygen atoms in total. The van der Waals surface area contributed by atoms with E-state index in [1.165, 1.54) is 19.4 Å². The number of hydrogen-bond acceptors (Lipinski definition) is 4. The Hall–Kier alpha value is -1.13. The van der Waals surface area contributed by atoms with E-state index in [-0.39, 0.29) is 0 Å². The number of piperazine rings is 1. The first-order valence-corrected chi connectivity index (χ1v) is 7.39. The van der Waals surface area contributed by atoms with Gasteiger partial charge in [-0.25, -0.2) is 4.98 Å². The molecule has 0 spiro atoms. The van der Waals surface area contributed by atoms with Crippen LogP contribution < -0.4 is 10.6 Å².